The van der Waals surface area contributed by atoms with Crippen LogP contribution >= 0.6 is 0 Å². The summed E-state index contributed by atoms with van der Waals surface area (Å²) in [6.07, 6.45) is -3.71. The highest BCUT2D eigenvalue weighted by atomic mass is 32.2. The van der Waals surface area contributed by atoms with Crippen molar-refractivity contribution in [3.8, 4) is 5.82 Å². The second-order valence-electron chi connectivity index (χ2n) is 7.04. The molecule has 180 valence electrons. The number of rotatable bonds is 3. The van der Waals surface area contributed by atoms with Gasteiger partial charge in [-0.3, -0.25) is 9.12 Å². The van der Waals surface area contributed by atoms with Crippen LogP contribution in [0.3, 0.4) is 0 Å². The van der Waals surface area contributed by atoms with E-state index in [1.54, 1.807) is 17.6 Å². The van der Waals surface area contributed by atoms with Crippen LogP contribution in [0.15, 0.2) is 48.5 Å². The summed E-state index contributed by atoms with van der Waals surface area (Å²) in [5.74, 6) is 0.685. The van der Waals surface area contributed by atoms with E-state index in [1.165, 1.54) is 30.3 Å². The third-order valence-electron chi connectivity index (χ3n) is 4.21. The Labute approximate surface area is 191 Å². The SMILES string of the molecule is CS(=O)(=O)O.Cc1nc2ccc(F)cc2n1-c1cc(N)nc(Nc2ccc(C(F)(F)F)cc2)n1. The fourth-order valence-corrected chi connectivity index (χ4v) is 2.95. The Morgan fingerprint density at radius 2 is 1.65 bits per heavy atom. The maximum Gasteiger partial charge on any atom is 0.416 e. The van der Waals surface area contributed by atoms with Gasteiger partial charge in [-0.15, -0.1) is 0 Å². The number of alkyl halides is 3. The largest absolute Gasteiger partial charge is 0.416 e. The predicted molar refractivity (Wildman–Crippen MR) is 118 cm³/mol. The Kier molecular flexibility index (Phi) is 6.74. The van der Waals surface area contributed by atoms with E-state index >= 15 is 0 Å². The molecule has 0 fully saturated rings. The molecule has 4 N–H and O–H groups in total. The van der Waals surface area contributed by atoms with E-state index in [1.807, 2.05) is 0 Å². The molecule has 0 unspecified atom stereocenters. The minimum atomic E-state index is -4.42. The lowest BCUT2D eigenvalue weighted by molar-refractivity contribution is -0.137. The van der Waals surface area contributed by atoms with Gasteiger partial charge in [0.25, 0.3) is 10.1 Å². The third kappa shape index (κ3) is 6.39. The Hall–Kier alpha value is -3.78. The number of imidazole rings is 1. The normalized spacial score (nSPS) is 11.7. The number of halogens is 4. The molecule has 0 aliphatic rings. The van der Waals surface area contributed by atoms with Crippen molar-refractivity contribution < 1.29 is 30.5 Å². The van der Waals surface area contributed by atoms with Crippen LogP contribution in [-0.4, -0.2) is 38.7 Å². The average Bonchev–Trinajstić information content (AvgIpc) is 3.01. The van der Waals surface area contributed by atoms with Gasteiger partial charge in [0.2, 0.25) is 5.95 Å². The van der Waals surface area contributed by atoms with Crippen molar-refractivity contribution in [2.24, 2.45) is 0 Å². The maximum absolute atomic E-state index is 13.7. The summed E-state index contributed by atoms with van der Waals surface area (Å²) in [5.41, 5.74) is 6.55. The van der Waals surface area contributed by atoms with Gasteiger partial charge in [0.05, 0.1) is 22.9 Å². The summed E-state index contributed by atoms with van der Waals surface area (Å²) >= 11 is 0. The molecular formula is C20H18F4N6O3S. The monoisotopic (exact) mass is 498 g/mol. The third-order valence-corrected chi connectivity index (χ3v) is 4.21. The predicted octanol–water partition coefficient (Wildman–Crippen LogP) is 4.11. The summed E-state index contributed by atoms with van der Waals surface area (Å²) in [7, 11) is -3.67. The fourth-order valence-electron chi connectivity index (χ4n) is 2.95. The van der Waals surface area contributed by atoms with Gasteiger partial charge in [0, 0.05) is 17.8 Å². The van der Waals surface area contributed by atoms with Crippen LogP contribution < -0.4 is 11.1 Å². The summed E-state index contributed by atoms with van der Waals surface area (Å²) < 4.78 is 79.3. The number of nitrogen functional groups attached to an aromatic ring is 1. The number of nitrogens with one attached hydrogen (secondary N) is 1. The highest BCUT2D eigenvalue weighted by Crippen LogP contribution is 2.30. The van der Waals surface area contributed by atoms with Crippen LogP contribution in [0.1, 0.15) is 11.4 Å². The van der Waals surface area contributed by atoms with E-state index in [0.717, 1.165) is 12.1 Å². The Bertz CT molecular complexity index is 1430. The number of fused-ring (bicyclic) bond motifs is 1. The topological polar surface area (TPSA) is 136 Å². The first-order valence-corrected chi connectivity index (χ1v) is 11.2. The van der Waals surface area contributed by atoms with Crippen molar-refractivity contribution in [1.29, 1.82) is 0 Å². The van der Waals surface area contributed by atoms with Crippen LogP contribution in [0.25, 0.3) is 16.9 Å². The number of benzene rings is 2. The van der Waals surface area contributed by atoms with Crippen molar-refractivity contribution in [2.45, 2.75) is 13.1 Å². The van der Waals surface area contributed by atoms with Crippen molar-refractivity contribution in [1.82, 2.24) is 19.5 Å². The van der Waals surface area contributed by atoms with E-state index in [-0.39, 0.29) is 11.8 Å². The lowest BCUT2D eigenvalue weighted by atomic mass is 10.2. The number of hydrogen-bond acceptors (Lipinski definition) is 7. The highest BCUT2D eigenvalue weighted by molar-refractivity contribution is 7.85. The lowest BCUT2D eigenvalue weighted by Crippen LogP contribution is -2.07. The van der Waals surface area contributed by atoms with Crippen LogP contribution in [0.2, 0.25) is 0 Å². The van der Waals surface area contributed by atoms with Gasteiger partial charge < -0.3 is 11.1 Å². The molecule has 0 aliphatic carbocycles. The minimum Gasteiger partial charge on any atom is -0.383 e. The van der Waals surface area contributed by atoms with E-state index in [9.17, 15) is 26.0 Å². The van der Waals surface area contributed by atoms with Gasteiger partial charge in [0.1, 0.15) is 23.3 Å². The van der Waals surface area contributed by atoms with Crippen molar-refractivity contribution >= 4 is 38.6 Å². The fraction of sp³-hybridized carbons (Fsp3) is 0.150. The molecule has 0 spiro atoms. The first-order valence-electron chi connectivity index (χ1n) is 9.37. The van der Waals surface area contributed by atoms with E-state index in [2.05, 4.69) is 20.3 Å². The van der Waals surface area contributed by atoms with Crippen molar-refractivity contribution in [2.75, 3.05) is 17.3 Å². The Balaban J connectivity index is 0.000000588. The van der Waals surface area contributed by atoms with Crippen LogP contribution in [0.5, 0.6) is 0 Å². The number of hydrogen-bond donors (Lipinski definition) is 3. The standard InChI is InChI=1S/C19H14F4N6.CH4O3S/c1-10-25-14-7-4-12(20)8-15(14)29(10)17-9-16(24)27-18(28-17)26-13-5-2-11(3-6-13)19(21,22)23;1-5(2,3)4/h2-9H,1H3,(H3,24,26,27,28);1H3,(H,2,3,4). The van der Waals surface area contributed by atoms with Gasteiger partial charge in [0.15, 0.2) is 0 Å². The number of anilines is 3. The van der Waals surface area contributed by atoms with Crippen molar-refractivity contribution in [3.05, 3.63) is 65.7 Å². The second kappa shape index (κ2) is 9.23. The molecule has 2 heterocycles. The molecule has 4 aromatic rings. The molecule has 0 aliphatic heterocycles. The Morgan fingerprint density at radius 1 is 1.03 bits per heavy atom. The molecule has 2 aromatic carbocycles. The zero-order valence-corrected chi connectivity index (χ0v) is 18.5. The van der Waals surface area contributed by atoms with Gasteiger partial charge in [-0.05, 0) is 43.3 Å². The van der Waals surface area contributed by atoms with Gasteiger partial charge in [-0.2, -0.15) is 31.6 Å². The first kappa shape index (κ1) is 24.9. The van der Waals surface area contributed by atoms with Gasteiger partial charge in [-0.25, -0.2) is 9.37 Å². The molecule has 0 radical (unpaired) electrons. The molecule has 0 saturated heterocycles. The van der Waals surface area contributed by atoms with Crippen LogP contribution in [0.4, 0.5) is 35.0 Å². The molecule has 14 heteroatoms. The first-order chi connectivity index (χ1) is 15.7. The summed E-state index contributed by atoms with van der Waals surface area (Å²) in [5, 5.41) is 2.83. The number of aryl methyl sites for hydroxylation is 1. The molecule has 9 nitrogen and oxygen atoms in total. The number of nitrogens with two attached hydrogens (primary N) is 1. The molecule has 4 rings (SSSR count). The zero-order valence-electron chi connectivity index (χ0n) is 17.7. The summed E-state index contributed by atoms with van der Waals surface area (Å²) in [4.78, 5) is 12.8. The van der Waals surface area contributed by atoms with Crippen LogP contribution in [0, 0.1) is 12.7 Å². The molecule has 34 heavy (non-hydrogen) atoms. The molecule has 0 amide bonds. The smallest absolute Gasteiger partial charge is 0.383 e. The zero-order chi connectivity index (χ0) is 25.3. The number of nitrogens with zero attached hydrogens (tertiary/aromatic N) is 4. The summed E-state index contributed by atoms with van der Waals surface area (Å²) in [6, 6.07) is 10.1. The van der Waals surface area contributed by atoms with E-state index < -0.39 is 27.7 Å². The highest BCUT2D eigenvalue weighted by Gasteiger charge is 2.30. The van der Waals surface area contributed by atoms with Crippen molar-refractivity contribution in [3.63, 3.8) is 0 Å². The molecule has 0 bridgehead atoms. The number of aromatic nitrogens is 4. The minimum absolute atomic E-state index is 0.0809. The van der Waals surface area contributed by atoms with Gasteiger partial charge >= 0.3 is 6.18 Å². The van der Waals surface area contributed by atoms with E-state index in [4.69, 9.17) is 10.3 Å². The quantitative estimate of drug-likeness (QED) is 0.284. The van der Waals surface area contributed by atoms with Gasteiger partial charge in [-0.1, -0.05) is 0 Å². The molecular weight excluding hydrogens is 480 g/mol. The lowest BCUT2D eigenvalue weighted by Gasteiger charge is -2.11. The van der Waals surface area contributed by atoms with E-state index in [0.29, 0.717) is 34.6 Å². The average molecular weight is 498 g/mol. The maximum atomic E-state index is 13.7. The Morgan fingerprint density at radius 3 is 2.24 bits per heavy atom. The van der Waals surface area contributed by atoms with Crippen LogP contribution in [-0.2, 0) is 16.3 Å². The molecule has 0 atom stereocenters. The summed E-state index contributed by atoms with van der Waals surface area (Å²) in [6.45, 7) is 1.74. The molecule has 0 saturated carbocycles. The second-order valence-corrected chi connectivity index (χ2v) is 8.50. The molecule has 2 aromatic heterocycles.